The van der Waals surface area contributed by atoms with Gasteiger partial charge in [-0.05, 0) is 49.2 Å². The van der Waals surface area contributed by atoms with E-state index < -0.39 is 68.5 Å². The minimum Gasteiger partial charge on any atom is -0.747 e. The standard InChI is InChI=1S/C27H25N5O10S3.Cu.4Na.H2O4S/c1-4-43(35,36)24-13-23(33)22(12-16(24)3)31-30-21-10-6-17-18(27(21)34)7-9-20(28-14-44(37,38)39)26(17)32-29-19-8-5-15(2)11-25(19)45(40,41)42;;;;;;1-5(2,3)4/h5-9,11-13,28,33-34H,1,4,14H2,2-3H3,(H,37,38,39)(H,40,41,42);;;;;;(H2,1,2,3,4)/q-2;;4*+1;/p-3. The molecule has 0 atom stereocenters. The molecular formula is C27H24CuN5Na4O14S4-. The van der Waals surface area contributed by atoms with Crippen LogP contribution >= 0.6 is 0 Å². The first kappa shape index (κ1) is 59.2. The first-order valence-electron chi connectivity index (χ1n) is 13.2. The van der Waals surface area contributed by atoms with Crippen molar-refractivity contribution >= 4 is 79.7 Å². The van der Waals surface area contributed by atoms with Gasteiger partial charge < -0.3 is 36.1 Å². The third kappa shape index (κ3) is 18.0. The third-order valence-electron chi connectivity index (χ3n) is 6.27. The van der Waals surface area contributed by atoms with Crippen molar-refractivity contribution < 1.29 is 197 Å². The van der Waals surface area contributed by atoms with Gasteiger partial charge in [-0.15, -0.1) is 5.11 Å². The molecular weight excluding hydrogens is 902 g/mol. The zero-order chi connectivity index (χ0) is 37.8. The van der Waals surface area contributed by atoms with E-state index in [-0.39, 0.29) is 185 Å². The van der Waals surface area contributed by atoms with E-state index in [1.165, 1.54) is 43.3 Å². The third-order valence-corrected chi connectivity index (χ3v) is 9.28. The number of phenolic OH excluding ortho intramolecular Hbond substituents is 2. The monoisotopic (exact) mass is 925 g/mol. The topological polar surface area (TPSA) is 328 Å². The molecule has 0 bridgehead atoms. The normalized spacial score (nSPS) is 11.5. The summed E-state index contributed by atoms with van der Waals surface area (Å²) in [5.74, 6) is -2.48. The molecule has 281 valence electrons. The van der Waals surface area contributed by atoms with Gasteiger partial charge in [0.25, 0.3) is 0 Å². The van der Waals surface area contributed by atoms with E-state index in [1.807, 2.05) is 0 Å². The summed E-state index contributed by atoms with van der Waals surface area (Å²) in [5.41, 5.74) is -0.135. The summed E-state index contributed by atoms with van der Waals surface area (Å²) >= 11 is 0. The molecule has 0 aliphatic carbocycles. The van der Waals surface area contributed by atoms with E-state index in [0.717, 1.165) is 12.1 Å². The van der Waals surface area contributed by atoms with Crippen LogP contribution in [0.2, 0.25) is 0 Å². The fourth-order valence-corrected chi connectivity index (χ4v) is 6.18. The van der Waals surface area contributed by atoms with Gasteiger partial charge in [0.05, 0.1) is 21.2 Å². The van der Waals surface area contributed by atoms with Crippen LogP contribution in [-0.2, 0) is 57.5 Å². The maximum Gasteiger partial charge on any atom is 1.00 e. The summed E-state index contributed by atoms with van der Waals surface area (Å²) in [7, 11) is -18.4. The van der Waals surface area contributed by atoms with Crippen molar-refractivity contribution in [2.24, 2.45) is 20.5 Å². The zero-order valence-corrected chi connectivity index (χ0v) is 42.0. The predicted molar refractivity (Wildman–Crippen MR) is 173 cm³/mol. The Balaban J connectivity index is -0.00000254. The summed E-state index contributed by atoms with van der Waals surface area (Å²) in [6, 6.07) is 12.6. The maximum atomic E-state index is 12.2. The Morgan fingerprint density at radius 2 is 1.33 bits per heavy atom. The van der Waals surface area contributed by atoms with E-state index in [4.69, 9.17) is 17.5 Å². The summed E-state index contributed by atoms with van der Waals surface area (Å²) in [6.45, 7) is 6.43. The molecule has 0 fully saturated rings. The number of azo groups is 2. The number of nitrogens with zero attached hydrogens (tertiary/aromatic N) is 4. The number of rotatable bonds is 10. The molecule has 0 amide bonds. The molecule has 19 nitrogen and oxygen atoms in total. The molecule has 28 heteroatoms. The first-order valence-corrected chi connectivity index (χ1v) is 19.2. The molecule has 0 aromatic heterocycles. The van der Waals surface area contributed by atoms with Crippen LogP contribution in [0.4, 0.5) is 28.4 Å². The number of fused-ring (bicyclic) bond motifs is 1. The fourth-order valence-electron chi connectivity index (χ4n) is 4.09. The molecule has 0 saturated carbocycles. The van der Waals surface area contributed by atoms with Crippen LogP contribution in [0.15, 0.2) is 78.8 Å². The van der Waals surface area contributed by atoms with Gasteiger partial charge in [0.2, 0.25) is 10.4 Å². The maximum absolute atomic E-state index is 12.2. The van der Waals surface area contributed by atoms with Crippen molar-refractivity contribution in [1.82, 2.24) is 0 Å². The van der Waals surface area contributed by atoms with Crippen LogP contribution in [0.5, 0.6) is 11.5 Å². The molecule has 55 heavy (non-hydrogen) atoms. The molecule has 1 radical (unpaired) electrons. The van der Waals surface area contributed by atoms with Gasteiger partial charge in [0.1, 0.15) is 43.2 Å². The molecule has 4 rings (SSSR count). The number of hydrogen-bond donors (Lipinski definition) is 4. The van der Waals surface area contributed by atoms with Crippen molar-refractivity contribution in [1.29, 1.82) is 0 Å². The van der Waals surface area contributed by atoms with E-state index >= 15 is 0 Å². The van der Waals surface area contributed by atoms with Crippen LogP contribution in [0, 0.1) is 26.8 Å². The van der Waals surface area contributed by atoms with Crippen molar-refractivity contribution in [2.75, 3.05) is 16.9 Å². The van der Waals surface area contributed by atoms with Gasteiger partial charge in [-0.1, -0.05) is 28.7 Å². The quantitative estimate of drug-likeness (QED) is 0.0377. The zero-order valence-electron chi connectivity index (χ0n) is 29.8. The molecule has 0 heterocycles. The number of benzene rings is 4. The predicted octanol–water partition coefficient (Wildman–Crippen LogP) is -8.06. The Kier molecular flexibility index (Phi) is 26.1. The van der Waals surface area contributed by atoms with Crippen LogP contribution in [-0.4, -0.2) is 73.7 Å². The Labute approximate surface area is 416 Å². The van der Waals surface area contributed by atoms with Crippen LogP contribution in [0.1, 0.15) is 11.1 Å². The molecule has 0 aliphatic rings. The van der Waals surface area contributed by atoms with Gasteiger partial charge in [-0.25, -0.2) is 33.7 Å². The molecule has 0 unspecified atom stereocenters. The Morgan fingerprint density at radius 3 is 1.85 bits per heavy atom. The molecule has 0 spiro atoms. The minimum absolute atomic E-state index is 0. The summed E-state index contributed by atoms with van der Waals surface area (Å²) in [4.78, 5) is -0.786. The van der Waals surface area contributed by atoms with Gasteiger partial charge >= 0.3 is 118 Å². The van der Waals surface area contributed by atoms with Crippen molar-refractivity contribution in [3.8, 4) is 11.5 Å². The average molecular weight is 926 g/mol. The molecule has 4 N–H and O–H groups in total. The van der Waals surface area contributed by atoms with E-state index in [1.54, 1.807) is 6.92 Å². The summed E-state index contributed by atoms with van der Waals surface area (Å²) in [6.07, 6.45) is 0. The minimum atomic E-state index is -4.96. The van der Waals surface area contributed by atoms with Gasteiger partial charge in [-0.3, -0.25) is 4.55 Å². The number of aromatic hydroxyl groups is 2. The second kappa shape index (κ2) is 24.2. The van der Waals surface area contributed by atoms with E-state index in [2.05, 4.69) is 38.8 Å². The second-order valence-electron chi connectivity index (χ2n) is 9.97. The van der Waals surface area contributed by atoms with Crippen molar-refractivity contribution in [3.05, 3.63) is 72.6 Å². The number of hydrogen-bond acceptors (Lipinski definition) is 18. The molecule has 0 saturated heterocycles. The Morgan fingerprint density at radius 1 is 0.764 bits per heavy atom. The summed E-state index contributed by atoms with van der Waals surface area (Å²) < 4.78 is 126. The SMILES string of the molecule is O=S(=O)([O-])O.[CH2-]CS(=O)(=O)c1cc(O)c(N=Nc2[c-]cc3c(N=Nc4ccc(C)cc4S(=O)(=O)[O-])c(NCS(=O)(=O)[O-])ccc3c2O)cc1C.[Cu].[Na+].[Na+].[Na+].[Na+]. The smallest absolute Gasteiger partial charge is 0.747 e. The van der Waals surface area contributed by atoms with Crippen LogP contribution in [0.25, 0.3) is 10.8 Å². The summed E-state index contributed by atoms with van der Waals surface area (Å²) in [5, 5.41) is 39.6. The number of sulfone groups is 1. The van der Waals surface area contributed by atoms with Crippen molar-refractivity contribution in [3.63, 3.8) is 0 Å². The largest absolute Gasteiger partial charge is 1.00 e. The van der Waals surface area contributed by atoms with Crippen LogP contribution < -0.4 is 124 Å². The first-order chi connectivity index (χ1) is 22.9. The molecule has 0 aliphatic heterocycles. The Hall–Kier alpha value is -0.101. The number of phenols is 2. The number of aryl methyl sites for hydroxylation is 2. The van der Waals surface area contributed by atoms with Gasteiger partial charge in [0, 0.05) is 34.6 Å². The van der Waals surface area contributed by atoms with Crippen LogP contribution in [0.3, 0.4) is 0 Å². The average Bonchev–Trinajstić information content (AvgIpc) is 2.98. The van der Waals surface area contributed by atoms with E-state index in [9.17, 15) is 44.6 Å². The fraction of sp³-hybridized carbons (Fsp3) is 0.148. The Bertz CT molecular complexity index is 2490. The number of nitrogens with one attached hydrogen (secondary N) is 1. The second-order valence-corrected chi connectivity index (χ2v) is 15.7. The number of anilines is 1. The van der Waals surface area contributed by atoms with Crippen molar-refractivity contribution in [2.45, 2.75) is 23.6 Å². The van der Waals surface area contributed by atoms with Gasteiger partial charge in [0.15, 0.2) is 9.84 Å². The van der Waals surface area contributed by atoms with E-state index in [0.29, 0.717) is 5.56 Å². The van der Waals surface area contributed by atoms with Gasteiger partial charge in [-0.2, -0.15) is 27.5 Å². The molecule has 4 aromatic carbocycles. The molecule has 4 aromatic rings.